The predicted octanol–water partition coefficient (Wildman–Crippen LogP) is 5.17. The van der Waals surface area contributed by atoms with Gasteiger partial charge in [-0.25, -0.2) is 0 Å². The van der Waals surface area contributed by atoms with Crippen molar-refractivity contribution in [2.24, 2.45) is 57.7 Å². The van der Waals surface area contributed by atoms with Crippen LogP contribution in [0.1, 0.15) is 98.3 Å². The van der Waals surface area contributed by atoms with Crippen molar-refractivity contribution in [1.29, 1.82) is 0 Å². The molecule has 7 nitrogen and oxygen atoms in total. The highest BCUT2D eigenvalue weighted by Crippen LogP contribution is 2.71. The smallest absolute Gasteiger partial charge is 0.232 e. The number of fused-ring (bicyclic) bond motifs is 7. The van der Waals surface area contributed by atoms with E-state index in [2.05, 4.69) is 33.0 Å². The lowest BCUT2D eigenvalue weighted by atomic mass is 9.44. The predicted molar refractivity (Wildman–Crippen MR) is 158 cm³/mol. The minimum Gasteiger partial charge on any atom is -0.380 e. The molecule has 4 heterocycles. The molecule has 7 heteroatoms. The fraction of sp³-hybridized carbons (Fsp3) is 0.943. The molecule has 4 aliphatic heterocycles. The van der Waals surface area contributed by atoms with Gasteiger partial charge in [0.2, 0.25) is 11.8 Å². The van der Waals surface area contributed by atoms with Crippen LogP contribution in [-0.2, 0) is 23.8 Å². The topological polar surface area (TPSA) is 77.1 Å². The summed E-state index contributed by atoms with van der Waals surface area (Å²) in [6.45, 7) is 13.9. The van der Waals surface area contributed by atoms with Gasteiger partial charge in [0.05, 0.1) is 31.3 Å². The van der Waals surface area contributed by atoms with E-state index in [1.54, 1.807) is 0 Å². The normalized spacial score (nSPS) is 52.0. The van der Waals surface area contributed by atoms with Gasteiger partial charge in [-0.3, -0.25) is 9.59 Å². The summed E-state index contributed by atoms with van der Waals surface area (Å²) in [4.78, 5) is 27.4. The lowest BCUT2D eigenvalue weighted by Crippen LogP contribution is -2.67. The monoisotopic (exact) mass is 582 g/mol. The average Bonchev–Trinajstić information content (AvgIpc) is 3.34. The summed E-state index contributed by atoms with van der Waals surface area (Å²) < 4.78 is 18.8. The Morgan fingerprint density at radius 1 is 0.905 bits per heavy atom. The van der Waals surface area contributed by atoms with Crippen LogP contribution in [0.15, 0.2) is 0 Å². The first kappa shape index (κ1) is 28.3. The first-order chi connectivity index (χ1) is 20.0. The van der Waals surface area contributed by atoms with Crippen molar-refractivity contribution in [2.75, 3.05) is 32.9 Å². The molecule has 8 aliphatic rings. The molecular weight excluding hydrogens is 528 g/mol. The van der Waals surface area contributed by atoms with Gasteiger partial charge >= 0.3 is 0 Å². The second-order valence-electron chi connectivity index (χ2n) is 17.1. The van der Waals surface area contributed by atoms with Gasteiger partial charge in [0, 0.05) is 31.5 Å². The molecule has 2 spiro atoms. The van der Waals surface area contributed by atoms with Crippen molar-refractivity contribution in [3.8, 4) is 0 Å². The molecule has 4 saturated heterocycles. The Bertz CT molecular complexity index is 1110. The summed E-state index contributed by atoms with van der Waals surface area (Å²) in [6, 6.07) is 0.214. The van der Waals surface area contributed by atoms with Crippen LogP contribution in [0.3, 0.4) is 0 Å². The zero-order valence-electron chi connectivity index (χ0n) is 26.5. The Balaban J connectivity index is 0.890. The maximum absolute atomic E-state index is 12.9. The number of carbonyl (C=O) groups excluding carboxylic acids is 2. The summed E-state index contributed by atoms with van der Waals surface area (Å²) in [7, 11) is 0. The number of rotatable bonds is 3. The maximum atomic E-state index is 12.9. The number of hydrogen-bond donors (Lipinski definition) is 1. The van der Waals surface area contributed by atoms with Gasteiger partial charge < -0.3 is 24.4 Å². The standard InChI is InChI=1S/C35H54N2O5/c1-21-7-12-35(41-16-21)22(2)31-28(42-35)14-27-25-6-5-23-13-24(8-10-32(23,3)26(25)9-11-33(27,31)4)36-29(38)15-30(39)37-17-34(18-37)19-40-20-34/h21-28,31H,5-20H2,1-4H3,(H,36,38)/t21-,22+,23+,24+,25-,26+,27+,28+,31+,32+,33+,35-/m1/s1. The molecular formula is C35H54N2O5. The summed E-state index contributed by atoms with van der Waals surface area (Å²) >= 11 is 0. The summed E-state index contributed by atoms with van der Waals surface area (Å²) in [6.07, 6.45) is 12.5. The molecule has 0 unspecified atom stereocenters. The van der Waals surface area contributed by atoms with E-state index in [1.807, 2.05) is 4.90 Å². The molecule has 2 amide bonds. The van der Waals surface area contributed by atoms with E-state index in [9.17, 15) is 9.59 Å². The van der Waals surface area contributed by atoms with Crippen molar-refractivity contribution >= 4 is 11.8 Å². The largest absolute Gasteiger partial charge is 0.380 e. The second kappa shape index (κ2) is 9.66. The van der Waals surface area contributed by atoms with E-state index in [1.165, 1.54) is 44.9 Å². The van der Waals surface area contributed by atoms with Crippen molar-refractivity contribution in [1.82, 2.24) is 10.2 Å². The summed E-state index contributed by atoms with van der Waals surface area (Å²) in [5.41, 5.74) is 0.929. The minimum absolute atomic E-state index is 0.00544. The first-order valence-corrected chi connectivity index (χ1v) is 17.5. The van der Waals surface area contributed by atoms with Gasteiger partial charge in [-0.2, -0.15) is 0 Å². The van der Waals surface area contributed by atoms with Crippen LogP contribution in [0.25, 0.3) is 0 Å². The van der Waals surface area contributed by atoms with Crippen LogP contribution in [0, 0.1) is 57.7 Å². The molecule has 0 radical (unpaired) electrons. The van der Waals surface area contributed by atoms with Crippen LogP contribution in [0.2, 0.25) is 0 Å². The summed E-state index contributed by atoms with van der Waals surface area (Å²) in [5, 5.41) is 3.29. The molecule has 0 aromatic carbocycles. The van der Waals surface area contributed by atoms with Crippen molar-refractivity contribution < 1.29 is 23.8 Å². The number of hydrogen-bond acceptors (Lipinski definition) is 5. The highest BCUT2D eigenvalue weighted by molar-refractivity contribution is 5.97. The Morgan fingerprint density at radius 3 is 2.40 bits per heavy atom. The number of ether oxygens (including phenoxy) is 3. The zero-order valence-corrected chi connectivity index (χ0v) is 26.5. The third-order valence-electron chi connectivity index (χ3n) is 14.8. The van der Waals surface area contributed by atoms with Crippen molar-refractivity contribution in [2.45, 2.75) is 116 Å². The minimum atomic E-state index is -0.327. The molecule has 4 saturated carbocycles. The van der Waals surface area contributed by atoms with Gasteiger partial charge in [-0.15, -0.1) is 0 Å². The highest BCUT2D eigenvalue weighted by Gasteiger charge is 2.69. The fourth-order valence-corrected chi connectivity index (χ4v) is 12.4. The Morgan fingerprint density at radius 2 is 1.69 bits per heavy atom. The molecule has 8 rings (SSSR count). The molecule has 0 bridgehead atoms. The molecule has 42 heavy (non-hydrogen) atoms. The van der Waals surface area contributed by atoms with Gasteiger partial charge in [0.25, 0.3) is 0 Å². The van der Waals surface area contributed by atoms with Crippen LogP contribution < -0.4 is 5.32 Å². The number of likely N-dealkylation sites (tertiary alicyclic amines) is 1. The Labute approximate surface area is 252 Å². The quantitative estimate of drug-likeness (QED) is 0.465. The number of nitrogens with one attached hydrogen (secondary N) is 1. The lowest BCUT2D eigenvalue weighted by Gasteiger charge is -2.61. The van der Waals surface area contributed by atoms with E-state index in [0.717, 1.165) is 69.9 Å². The average molecular weight is 583 g/mol. The van der Waals surface area contributed by atoms with Gasteiger partial charge in [0.1, 0.15) is 6.42 Å². The number of nitrogens with zero attached hydrogens (tertiary/aromatic N) is 1. The maximum Gasteiger partial charge on any atom is 0.232 e. The third kappa shape index (κ3) is 4.07. The van der Waals surface area contributed by atoms with Crippen molar-refractivity contribution in [3.05, 3.63) is 0 Å². The molecule has 0 aromatic heterocycles. The number of carbonyl (C=O) groups is 2. The molecule has 0 aromatic rings. The van der Waals surface area contributed by atoms with Crippen LogP contribution in [0.4, 0.5) is 0 Å². The molecule has 234 valence electrons. The van der Waals surface area contributed by atoms with E-state index >= 15 is 0 Å². The summed E-state index contributed by atoms with van der Waals surface area (Å²) in [5.74, 6) is 4.35. The van der Waals surface area contributed by atoms with Gasteiger partial charge in [0.15, 0.2) is 5.79 Å². The molecule has 1 N–H and O–H groups in total. The lowest BCUT2D eigenvalue weighted by molar-refractivity contribution is -0.273. The Hall–Kier alpha value is -1.18. The Kier molecular flexibility index (Phi) is 6.51. The van der Waals surface area contributed by atoms with Crippen LogP contribution in [0.5, 0.6) is 0 Å². The van der Waals surface area contributed by atoms with Crippen LogP contribution in [-0.4, -0.2) is 67.6 Å². The molecule has 4 aliphatic carbocycles. The van der Waals surface area contributed by atoms with Gasteiger partial charge in [-0.1, -0.05) is 27.7 Å². The second-order valence-corrected chi connectivity index (χ2v) is 17.1. The van der Waals surface area contributed by atoms with Crippen LogP contribution >= 0.6 is 0 Å². The van der Waals surface area contributed by atoms with Gasteiger partial charge in [-0.05, 0) is 104 Å². The van der Waals surface area contributed by atoms with E-state index in [4.69, 9.17) is 14.2 Å². The van der Waals surface area contributed by atoms with Crippen molar-refractivity contribution in [3.63, 3.8) is 0 Å². The number of amides is 2. The van der Waals surface area contributed by atoms with E-state index in [-0.39, 0.29) is 35.5 Å². The zero-order chi connectivity index (χ0) is 29.1. The highest BCUT2D eigenvalue weighted by atomic mass is 16.7. The SMILES string of the molecule is C[C@@H]1CC[C@@]2(OC1)O[C@H]1C[C@H]3[C@@H]4CC[C@H]5C[C@@H](NC(=O)CC(=O)N6CC7(COC7)C6)CC[C@]5(C)[C@H]4CC[C@]3(C)[C@H]1[C@@H]2C. The third-order valence-corrected chi connectivity index (χ3v) is 14.8. The molecule has 8 fully saturated rings. The first-order valence-electron chi connectivity index (χ1n) is 17.5. The molecule has 12 atom stereocenters. The fourth-order valence-electron chi connectivity index (χ4n) is 12.4. The van der Waals surface area contributed by atoms with E-state index in [0.29, 0.717) is 40.6 Å². The van der Waals surface area contributed by atoms with E-state index < -0.39 is 0 Å².